The summed E-state index contributed by atoms with van der Waals surface area (Å²) in [6.45, 7) is 6.56. The monoisotopic (exact) mass is 949 g/mol. The van der Waals surface area contributed by atoms with Crippen molar-refractivity contribution < 1.29 is 28.6 Å². The molecule has 0 saturated heterocycles. The van der Waals surface area contributed by atoms with Gasteiger partial charge in [0, 0.05) is 19.3 Å². The van der Waals surface area contributed by atoms with Gasteiger partial charge in [0.05, 0.1) is 0 Å². The number of hydrogen-bond donors (Lipinski definition) is 0. The largest absolute Gasteiger partial charge is 0.462 e. The van der Waals surface area contributed by atoms with Crippen LogP contribution < -0.4 is 0 Å². The molecule has 68 heavy (non-hydrogen) atoms. The van der Waals surface area contributed by atoms with Crippen molar-refractivity contribution in [3.63, 3.8) is 0 Å². The Morgan fingerprint density at radius 3 is 0.912 bits per heavy atom. The van der Waals surface area contributed by atoms with Gasteiger partial charge in [-0.2, -0.15) is 0 Å². The topological polar surface area (TPSA) is 78.9 Å². The first kappa shape index (κ1) is 64.8. The third-order valence-corrected chi connectivity index (χ3v) is 12.4. The van der Waals surface area contributed by atoms with Gasteiger partial charge < -0.3 is 14.2 Å². The van der Waals surface area contributed by atoms with Crippen molar-refractivity contribution in [1.29, 1.82) is 0 Å². The molecule has 6 nitrogen and oxygen atoms in total. The summed E-state index contributed by atoms with van der Waals surface area (Å²) >= 11 is 0. The number of ether oxygens (including phenoxy) is 3. The predicted molar refractivity (Wildman–Crippen MR) is 293 cm³/mol. The van der Waals surface area contributed by atoms with E-state index in [1.54, 1.807) is 0 Å². The van der Waals surface area contributed by atoms with Gasteiger partial charge in [0.25, 0.3) is 0 Å². The maximum absolute atomic E-state index is 12.9. The molecule has 0 radical (unpaired) electrons. The number of hydrogen-bond acceptors (Lipinski definition) is 6. The van der Waals surface area contributed by atoms with Crippen LogP contribution in [0.1, 0.15) is 284 Å². The van der Waals surface area contributed by atoms with E-state index in [-0.39, 0.29) is 31.1 Å². The van der Waals surface area contributed by atoms with E-state index in [2.05, 4.69) is 93.7 Å². The molecule has 0 aliphatic rings. The fraction of sp³-hybridized carbons (Fsp3) is 0.758. The zero-order chi connectivity index (χ0) is 49.3. The Balaban J connectivity index is 4.43. The molecular weight excluding hydrogens is 841 g/mol. The minimum Gasteiger partial charge on any atom is -0.462 e. The van der Waals surface area contributed by atoms with Crippen LogP contribution in [0.25, 0.3) is 0 Å². The molecule has 0 aromatic carbocycles. The lowest BCUT2D eigenvalue weighted by Gasteiger charge is -2.18. The van der Waals surface area contributed by atoms with Gasteiger partial charge in [-0.25, -0.2) is 0 Å². The number of rotatable bonds is 52. The fourth-order valence-corrected chi connectivity index (χ4v) is 8.03. The van der Waals surface area contributed by atoms with Crippen molar-refractivity contribution in [1.82, 2.24) is 0 Å². The summed E-state index contributed by atoms with van der Waals surface area (Å²) in [5, 5.41) is 0. The lowest BCUT2D eigenvalue weighted by molar-refractivity contribution is -0.167. The highest BCUT2D eigenvalue weighted by atomic mass is 16.6. The van der Waals surface area contributed by atoms with Gasteiger partial charge in [0.2, 0.25) is 0 Å². The zero-order valence-electron chi connectivity index (χ0n) is 44.9. The van der Waals surface area contributed by atoms with Crippen LogP contribution in [0.15, 0.2) is 72.9 Å². The van der Waals surface area contributed by atoms with Crippen LogP contribution in [0.4, 0.5) is 0 Å². The van der Waals surface area contributed by atoms with Crippen molar-refractivity contribution in [2.45, 2.75) is 290 Å². The quantitative estimate of drug-likeness (QED) is 0.0262. The summed E-state index contributed by atoms with van der Waals surface area (Å²) in [5.74, 6) is -0.925. The van der Waals surface area contributed by atoms with Gasteiger partial charge in [0.1, 0.15) is 13.2 Å². The van der Waals surface area contributed by atoms with Crippen LogP contribution in [-0.2, 0) is 28.6 Å². The average molecular weight is 950 g/mol. The maximum atomic E-state index is 12.9. The molecular formula is C62H108O6. The summed E-state index contributed by atoms with van der Waals surface area (Å²) < 4.78 is 16.8. The third-order valence-electron chi connectivity index (χ3n) is 12.4. The van der Waals surface area contributed by atoms with Gasteiger partial charge in [0.15, 0.2) is 6.10 Å². The summed E-state index contributed by atoms with van der Waals surface area (Å²) in [5.41, 5.74) is 0. The second-order valence-corrected chi connectivity index (χ2v) is 19.2. The Morgan fingerprint density at radius 1 is 0.294 bits per heavy atom. The molecule has 0 fully saturated rings. The predicted octanol–water partition coefficient (Wildman–Crippen LogP) is 19.4. The first-order valence-corrected chi connectivity index (χ1v) is 28.9. The smallest absolute Gasteiger partial charge is 0.306 e. The van der Waals surface area contributed by atoms with Gasteiger partial charge in [-0.3, -0.25) is 14.4 Å². The first-order chi connectivity index (χ1) is 33.5. The van der Waals surface area contributed by atoms with E-state index in [4.69, 9.17) is 14.2 Å². The molecule has 0 aromatic heterocycles. The maximum Gasteiger partial charge on any atom is 0.306 e. The lowest BCUT2D eigenvalue weighted by Crippen LogP contribution is -2.30. The van der Waals surface area contributed by atoms with Crippen molar-refractivity contribution >= 4 is 17.9 Å². The normalized spacial score (nSPS) is 12.6. The fourth-order valence-electron chi connectivity index (χ4n) is 8.03. The highest BCUT2D eigenvalue weighted by Crippen LogP contribution is 2.16. The molecule has 0 unspecified atom stereocenters. The molecule has 1 atom stereocenters. The van der Waals surface area contributed by atoms with E-state index in [0.29, 0.717) is 19.3 Å². The van der Waals surface area contributed by atoms with Crippen molar-refractivity contribution in [3.8, 4) is 0 Å². The molecule has 6 heteroatoms. The van der Waals surface area contributed by atoms with Crippen molar-refractivity contribution in [3.05, 3.63) is 72.9 Å². The molecule has 0 spiro atoms. The van der Waals surface area contributed by atoms with E-state index in [1.165, 1.54) is 135 Å². The lowest BCUT2D eigenvalue weighted by atomic mass is 10.0. The Labute approximate surface area is 421 Å². The van der Waals surface area contributed by atoms with Crippen LogP contribution in [0.2, 0.25) is 0 Å². The minimum atomic E-state index is -0.793. The minimum absolute atomic E-state index is 0.0912. The highest BCUT2D eigenvalue weighted by Gasteiger charge is 2.19. The summed E-state index contributed by atoms with van der Waals surface area (Å²) in [7, 11) is 0. The molecule has 0 aliphatic heterocycles. The van der Waals surface area contributed by atoms with E-state index >= 15 is 0 Å². The standard InChI is InChI=1S/C62H108O6/c1-4-7-10-13-16-19-22-25-28-30-31-33-34-37-40-43-46-49-52-55-61(64)67-58-59(57-66-60(63)54-51-48-45-42-39-36-27-24-21-18-15-12-9-6-3)68-62(65)56-53-50-47-44-41-38-35-32-29-26-23-20-17-14-11-8-5-2/h15-16,18-19,24-25,27-28,31,33,37,40,59H,4-14,17,20-23,26,29-30,32,34-36,38-39,41-58H2,1-3H3/b18-15+,19-16+,27-24+,28-25+,33-31+,40-37+/t59-/m1/s1. The van der Waals surface area contributed by atoms with E-state index in [1.807, 2.05) is 0 Å². The molecule has 392 valence electrons. The molecule has 0 N–H and O–H groups in total. The molecule has 0 saturated carbocycles. The molecule has 0 bridgehead atoms. The number of allylic oxidation sites excluding steroid dienone is 12. The number of carbonyl (C=O) groups excluding carboxylic acids is 3. The Bertz CT molecular complexity index is 1270. The Hall–Kier alpha value is -3.15. The molecule has 0 heterocycles. The summed E-state index contributed by atoms with van der Waals surface area (Å²) in [6.07, 6.45) is 71.7. The van der Waals surface area contributed by atoms with Crippen LogP contribution >= 0.6 is 0 Å². The SMILES string of the molecule is CCCC/C=C/C/C=C/CCCCCCCC(=O)OC[C@H](COC(=O)CCCCC/C=C/C/C=C/C/C=C/C/C=C/CCCCC)OC(=O)CCCCCCCCCCCCCCCCCCC. The zero-order valence-corrected chi connectivity index (χ0v) is 44.9. The van der Waals surface area contributed by atoms with Crippen molar-refractivity contribution in [2.24, 2.45) is 0 Å². The third kappa shape index (κ3) is 53.8. The highest BCUT2D eigenvalue weighted by molar-refractivity contribution is 5.71. The van der Waals surface area contributed by atoms with Gasteiger partial charge >= 0.3 is 17.9 Å². The van der Waals surface area contributed by atoms with Crippen LogP contribution in [0, 0.1) is 0 Å². The number of carbonyl (C=O) groups is 3. The molecule has 0 amide bonds. The second kappa shape index (κ2) is 56.4. The van der Waals surface area contributed by atoms with Gasteiger partial charge in [-0.15, -0.1) is 0 Å². The van der Waals surface area contributed by atoms with E-state index in [9.17, 15) is 14.4 Å². The van der Waals surface area contributed by atoms with E-state index < -0.39 is 6.10 Å². The van der Waals surface area contributed by atoms with Crippen LogP contribution in [0.5, 0.6) is 0 Å². The Morgan fingerprint density at radius 2 is 0.544 bits per heavy atom. The second-order valence-electron chi connectivity index (χ2n) is 19.2. The molecule has 0 aliphatic carbocycles. The Kier molecular flexibility index (Phi) is 53.8. The average Bonchev–Trinajstić information content (AvgIpc) is 3.34. The number of unbranched alkanes of at least 4 members (excludes halogenated alkanes) is 29. The number of esters is 3. The summed E-state index contributed by atoms with van der Waals surface area (Å²) in [4.78, 5) is 38.1. The van der Waals surface area contributed by atoms with Gasteiger partial charge in [-0.05, 0) is 89.9 Å². The van der Waals surface area contributed by atoms with Crippen molar-refractivity contribution in [2.75, 3.05) is 13.2 Å². The van der Waals surface area contributed by atoms with Crippen LogP contribution in [-0.4, -0.2) is 37.2 Å². The first-order valence-electron chi connectivity index (χ1n) is 28.9. The summed E-state index contributed by atoms with van der Waals surface area (Å²) in [6, 6.07) is 0. The molecule has 0 aromatic rings. The molecule has 0 rings (SSSR count). The van der Waals surface area contributed by atoms with E-state index in [0.717, 1.165) is 109 Å². The van der Waals surface area contributed by atoms with Crippen LogP contribution in [0.3, 0.4) is 0 Å². The van der Waals surface area contributed by atoms with Gasteiger partial charge in [-0.1, -0.05) is 248 Å².